The number of ether oxygens (including phenoxy) is 2. The molecule has 0 atom stereocenters. The Morgan fingerprint density at radius 3 is 2.70 bits per heavy atom. The van der Waals surface area contributed by atoms with E-state index in [9.17, 15) is 4.39 Å². The minimum atomic E-state index is -0.324. The summed E-state index contributed by atoms with van der Waals surface area (Å²) in [7, 11) is 1.60. The fourth-order valence-corrected chi connectivity index (χ4v) is 2.90. The maximum absolute atomic E-state index is 14.5. The number of nitrogens with zero attached hydrogens (tertiary/aromatic N) is 3. The van der Waals surface area contributed by atoms with Gasteiger partial charge >= 0.3 is 0 Å². The van der Waals surface area contributed by atoms with Gasteiger partial charge in [0.15, 0.2) is 17.5 Å². The van der Waals surface area contributed by atoms with E-state index in [0.717, 1.165) is 11.3 Å². The molecule has 1 heterocycles. The van der Waals surface area contributed by atoms with Crippen LogP contribution in [0.3, 0.4) is 0 Å². The van der Waals surface area contributed by atoms with Gasteiger partial charge in [0.05, 0.1) is 32.3 Å². The van der Waals surface area contributed by atoms with Gasteiger partial charge in [-0.1, -0.05) is 6.07 Å². The molecule has 0 aliphatic rings. The fraction of sp³-hybridized carbons (Fsp3) is 0.273. The molecular formula is C22H26FN5O2. The molecule has 0 unspecified atom stereocenters. The lowest BCUT2D eigenvalue weighted by Crippen LogP contribution is -2.30. The Labute approximate surface area is 175 Å². The number of imidazole rings is 1. The highest BCUT2D eigenvalue weighted by Gasteiger charge is 2.08. The number of aliphatic imine (C=N–C) groups is 1. The van der Waals surface area contributed by atoms with Crippen molar-refractivity contribution >= 4 is 11.6 Å². The molecule has 158 valence electrons. The van der Waals surface area contributed by atoms with Gasteiger partial charge in [-0.15, -0.1) is 0 Å². The van der Waals surface area contributed by atoms with Crippen LogP contribution in [0.25, 0.3) is 5.69 Å². The topological polar surface area (TPSA) is 72.7 Å². The molecule has 0 aliphatic carbocycles. The van der Waals surface area contributed by atoms with Crippen molar-refractivity contribution in [3.8, 4) is 17.2 Å². The average molecular weight is 411 g/mol. The first-order valence-electron chi connectivity index (χ1n) is 9.77. The molecule has 0 radical (unpaired) electrons. The number of rotatable bonds is 8. The molecule has 0 fully saturated rings. The smallest absolute Gasteiger partial charge is 0.196 e. The maximum Gasteiger partial charge on any atom is 0.196 e. The molecule has 0 bridgehead atoms. The quantitative estimate of drug-likeness (QED) is 0.433. The molecule has 8 heteroatoms. The fourth-order valence-electron chi connectivity index (χ4n) is 2.90. The van der Waals surface area contributed by atoms with Gasteiger partial charge in [-0.05, 0) is 43.7 Å². The zero-order chi connectivity index (χ0) is 21.3. The largest absolute Gasteiger partial charge is 0.493 e. The molecule has 3 rings (SSSR count). The van der Waals surface area contributed by atoms with Crippen molar-refractivity contribution in [1.29, 1.82) is 0 Å². The highest BCUT2D eigenvalue weighted by Crippen LogP contribution is 2.30. The number of anilines is 1. The van der Waals surface area contributed by atoms with Gasteiger partial charge in [0, 0.05) is 30.7 Å². The molecule has 2 N–H and O–H groups in total. The van der Waals surface area contributed by atoms with Gasteiger partial charge < -0.3 is 24.7 Å². The van der Waals surface area contributed by atoms with Gasteiger partial charge in [-0.3, -0.25) is 0 Å². The average Bonchev–Trinajstić information content (AvgIpc) is 3.27. The van der Waals surface area contributed by atoms with Crippen molar-refractivity contribution in [2.24, 2.45) is 4.99 Å². The second-order valence-electron chi connectivity index (χ2n) is 6.37. The monoisotopic (exact) mass is 411 g/mol. The highest BCUT2D eigenvalue weighted by atomic mass is 19.1. The van der Waals surface area contributed by atoms with Crippen molar-refractivity contribution < 1.29 is 13.9 Å². The number of halogens is 1. The van der Waals surface area contributed by atoms with E-state index >= 15 is 0 Å². The molecule has 0 aliphatic heterocycles. The second-order valence-corrected chi connectivity index (χ2v) is 6.37. The number of hydrogen-bond acceptors (Lipinski definition) is 4. The van der Waals surface area contributed by atoms with Crippen LogP contribution in [0.5, 0.6) is 11.5 Å². The molecule has 2 aromatic carbocycles. The Morgan fingerprint density at radius 1 is 1.17 bits per heavy atom. The Bertz CT molecular complexity index is 989. The third kappa shape index (κ3) is 5.28. The molecule has 30 heavy (non-hydrogen) atoms. The lowest BCUT2D eigenvalue weighted by atomic mass is 10.2. The third-order valence-corrected chi connectivity index (χ3v) is 4.28. The normalized spacial score (nSPS) is 11.3. The van der Waals surface area contributed by atoms with Crippen LogP contribution in [0, 0.1) is 5.82 Å². The summed E-state index contributed by atoms with van der Waals surface area (Å²) in [5.74, 6) is 1.58. The zero-order valence-electron chi connectivity index (χ0n) is 17.4. The van der Waals surface area contributed by atoms with E-state index in [4.69, 9.17) is 9.47 Å². The number of benzene rings is 2. The summed E-state index contributed by atoms with van der Waals surface area (Å²) < 4.78 is 27.0. The summed E-state index contributed by atoms with van der Waals surface area (Å²) in [6.07, 6.45) is 4.88. The van der Waals surface area contributed by atoms with Crippen LogP contribution in [-0.2, 0) is 6.54 Å². The minimum Gasteiger partial charge on any atom is -0.493 e. The van der Waals surface area contributed by atoms with Crippen LogP contribution >= 0.6 is 0 Å². The van der Waals surface area contributed by atoms with Gasteiger partial charge in [-0.25, -0.2) is 14.4 Å². The SMILES string of the molecule is CCNC(=NCc1ccc(-n2ccnc2)c(F)c1)Nc1ccc(OC)c(OCC)c1. The summed E-state index contributed by atoms with van der Waals surface area (Å²) in [5, 5.41) is 6.44. The number of methoxy groups -OCH3 is 1. The van der Waals surface area contributed by atoms with Crippen LogP contribution in [0.15, 0.2) is 60.1 Å². The first kappa shape index (κ1) is 21.2. The van der Waals surface area contributed by atoms with Crippen molar-refractivity contribution in [3.63, 3.8) is 0 Å². The first-order valence-corrected chi connectivity index (χ1v) is 9.77. The Kier molecular flexibility index (Phi) is 7.26. The number of aromatic nitrogens is 2. The Morgan fingerprint density at radius 2 is 2.03 bits per heavy atom. The highest BCUT2D eigenvalue weighted by molar-refractivity contribution is 5.93. The van der Waals surface area contributed by atoms with E-state index in [2.05, 4.69) is 20.6 Å². The summed E-state index contributed by atoms with van der Waals surface area (Å²) in [6, 6.07) is 10.6. The number of guanidine groups is 1. The summed E-state index contributed by atoms with van der Waals surface area (Å²) >= 11 is 0. The lowest BCUT2D eigenvalue weighted by Gasteiger charge is -2.14. The maximum atomic E-state index is 14.5. The summed E-state index contributed by atoms with van der Waals surface area (Å²) in [5.41, 5.74) is 2.02. The van der Waals surface area contributed by atoms with E-state index < -0.39 is 0 Å². The molecule has 7 nitrogen and oxygen atoms in total. The number of nitrogens with one attached hydrogen (secondary N) is 2. The van der Waals surface area contributed by atoms with Gasteiger partial charge in [0.1, 0.15) is 5.82 Å². The standard InChI is InChI=1S/C22H26FN5O2/c1-4-25-22(27-17-7-9-20(29-3)21(13-17)30-5-2)26-14-16-6-8-19(18(23)12-16)28-11-10-24-15-28/h6-13,15H,4-5,14H2,1-3H3,(H2,25,26,27). The van der Waals surface area contributed by atoms with Gasteiger partial charge in [-0.2, -0.15) is 0 Å². The second kappa shape index (κ2) is 10.3. The predicted octanol–water partition coefficient (Wildman–Crippen LogP) is 4.00. The van der Waals surface area contributed by atoms with E-state index in [0.29, 0.717) is 42.8 Å². The van der Waals surface area contributed by atoms with E-state index in [1.54, 1.807) is 36.5 Å². The molecular weight excluding hydrogens is 385 g/mol. The third-order valence-electron chi connectivity index (χ3n) is 4.28. The minimum absolute atomic E-state index is 0.324. The first-order chi connectivity index (χ1) is 14.6. The van der Waals surface area contributed by atoms with Gasteiger partial charge in [0.25, 0.3) is 0 Å². The molecule has 3 aromatic rings. The van der Waals surface area contributed by atoms with Crippen molar-refractivity contribution in [3.05, 3.63) is 66.5 Å². The van der Waals surface area contributed by atoms with Crippen LogP contribution < -0.4 is 20.1 Å². The molecule has 0 amide bonds. The molecule has 0 saturated carbocycles. The number of hydrogen-bond donors (Lipinski definition) is 2. The van der Waals surface area contributed by atoms with Gasteiger partial charge in [0.2, 0.25) is 0 Å². The Balaban J connectivity index is 1.75. The van der Waals surface area contributed by atoms with Crippen molar-refractivity contribution in [1.82, 2.24) is 14.9 Å². The zero-order valence-corrected chi connectivity index (χ0v) is 17.4. The van der Waals surface area contributed by atoms with E-state index in [1.165, 1.54) is 6.07 Å². The van der Waals surface area contributed by atoms with Crippen LogP contribution in [0.2, 0.25) is 0 Å². The van der Waals surface area contributed by atoms with E-state index in [-0.39, 0.29) is 5.82 Å². The van der Waals surface area contributed by atoms with Crippen LogP contribution in [-0.4, -0.2) is 35.8 Å². The predicted molar refractivity (Wildman–Crippen MR) is 116 cm³/mol. The van der Waals surface area contributed by atoms with Crippen LogP contribution in [0.1, 0.15) is 19.4 Å². The van der Waals surface area contributed by atoms with Crippen molar-refractivity contribution in [2.75, 3.05) is 25.6 Å². The summed E-state index contributed by atoms with van der Waals surface area (Å²) in [4.78, 5) is 8.52. The molecule has 1 aromatic heterocycles. The summed E-state index contributed by atoms with van der Waals surface area (Å²) in [6.45, 7) is 5.45. The molecule has 0 saturated heterocycles. The lowest BCUT2D eigenvalue weighted by molar-refractivity contribution is 0.311. The van der Waals surface area contributed by atoms with E-state index in [1.807, 2.05) is 38.1 Å². The van der Waals surface area contributed by atoms with Crippen LogP contribution in [0.4, 0.5) is 10.1 Å². The molecule has 0 spiro atoms. The van der Waals surface area contributed by atoms with Crippen molar-refractivity contribution in [2.45, 2.75) is 20.4 Å². The Hall–Kier alpha value is -3.55.